The molecule has 1 heterocycles. The van der Waals surface area contributed by atoms with Crippen LogP contribution in [0.3, 0.4) is 0 Å². The normalized spacial score (nSPS) is 16.4. The highest BCUT2D eigenvalue weighted by Gasteiger charge is 2.34. The zero-order valence-corrected chi connectivity index (χ0v) is 16.7. The van der Waals surface area contributed by atoms with Gasteiger partial charge in [0, 0.05) is 17.8 Å². The number of rotatable bonds is 6. The highest BCUT2D eigenvalue weighted by molar-refractivity contribution is 7.84. The van der Waals surface area contributed by atoms with Crippen molar-refractivity contribution >= 4 is 29.9 Å². The first-order chi connectivity index (χ1) is 14.0. The van der Waals surface area contributed by atoms with Crippen LogP contribution in [-0.2, 0) is 11.2 Å². The van der Waals surface area contributed by atoms with Gasteiger partial charge in [-0.05, 0) is 48.2 Å². The number of unbranched alkanes of at least 4 members (excludes halogenated alkanes) is 1. The molecule has 0 bridgehead atoms. The Balaban J connectivity index is 2.02. The molecule has 1 aliphatic rings. The monoisotopic (exact) mass is 408 g/mol. The third kappa shape index (κ3) is 4.25. The molecule has 1 atom stereocenters. The minimum absolute atomic E-state index is 0.0398. The number of non-ortho nitro benzene ring substituents is 1. The minimum Gasteiger partial charge on any atom is -0.327 e. The number of carbonyl (C=O) groups excluding carboxylic acids is 1. The first-order valence-corrected chi connectivity index (χ1v) is 9.67. The molecular weight excluding hydrogens is 388 g/mol. The summed E-state index contributed by atoms with van der Waals surface area (Å²) in [7, 11) is 0. The lowest BCUT2D eigenvalue weighted by Gasteiger charge is -2.38. The number of amides is 1. The number of benzene rings is 2. The second-order valence-corrected chi connectivity index (χ2v) is 7.10. The lowest BCUT2D eigenvalue weighted by Crippen LogP contribution is -2.46. The van der Waals surface area contributed by atoms with Crippen molar-refractivity contribution in [2.45, 2.75) is 32.4 Å². The van der Waals surface area contributed by atoms with Crippen molar-refractivity contribution in [3.63, 3.8) is 0 Å². The van der Waals surface area contributed by atoms with Crippen LogP contribution < -0.4 is 10.2 Å². The van der Waals surface area contributed by atoms with Crippen LogP contribution in [0.1, 0.15) is 37.1 Å². The summed E-state index contributed by atoms with van der Waals surface area (Å²) in [6, 6.07) is 15.7. The van der Waals surface area contributed by atoms with Crippen LogP contribution >= 0.6 is 12.6 Å². The van der Waals surface area contributed by atoms with Gasteiger partial charge in [0.25, 0.3) is 11.6 Å². The van der Waals surface area contributed by atoms with E-state index in [9.17, 15) is 20.2 Å². The first kappa shape index (κ1) is 20.4. The van der Waals surface area contributed by atoms with Gasteiger partial charge in [-0.15, -0.1) is 12.6 Å². The summed E-state index contributed by atoms with van der Waals surface area (Å²) >= 11 is 4.46. The molecule has 1 unspecified atom stereocenters. The molecule has 0 saturated carbocycles. The number of hydrogen-bond acceptors (Lipinski definition) is 6. The van der Waals surface area contributed by atoms with E-state index in [4.69, 9.17) is 0 Å². The van der Waals surface area contributed by atoms with Crippen LogP contribution in [0.25, 0.3) is 0 Å². The van der Waals surface area contributed by atoms with Gasteiger partial charge in [-0.2, -0.15) is 5.26 Å². The number of nitrogens with one attached hydrogen (secondary N) is 1. The molecule has 0 aromatic heterocycles. The molecular formula is C21H20N4O3S. The summed E-state index contributed by atoms with van der Waals surface area (Å²) in [6.45, 7) is 2.14. The molecule has 1 N–H and O–H groups in total. The molecule has 0 spiro atoms. The van der Waals surface area contributed by atoms with Gasteiger partial charge in [0.1, 0.15) is 17.8 Å². The molecule has 0 fully saturated rings. The fourth-order valence-electron chi connectivity index (χ4n) is 3.19. The van der Waals surface area contributed by atoms with Crippen molar-refractivity contribution in [1.29, 1.82) is 5.26 Å². The Morgan fingerprint density at radius 1 is 1.21 bits per heavy atom. The van der Waals surface area contributed by atoms with Gasteiger partial charge in [0.2, 0.25) is 0 Å². The molecule has 0 saturated heterocycles. The number of carbonyl (C=O) groups is 1. The number of nitro benzene ring substituents is 1. The highest BCUT2D eigenvalue weighted by atomic mass is 32.1. The summed E-state index contributed by atoms with van der Waals surface area (Å²) < 4.78 is 0. The topological polar surface area (TPSA) is 99.3 Å². The van der Waals surface area contributed by atoms with E-state index < -0.39 is 17.0 Å². The van der Waals surface area contributed by atoms with E-state index >= 15 is 0 Å². The van der Waals surface area contributed by atoms with E-state index in [1.807, 2.05) is 30.3 Å². The number of thiol groups is 1. The average molecular weight is 408 g/mol. The van der Waals surface area contributed by atoms with Gasteiger partial charge < -0.3 is 10.2 Å². The third-order valence-corrected chi connectivity index (χ3v) is 5.21. The van der Waals surface area contributed by atoms with E-state index in [0.717, 1.165) is 24.9 Å². The zero-order valence-electron chi connectivity index (χ0n) is 15.8. The van der Waals surface area contributed by atoms with Crippen LogP contribution in [0.2, 0.25) is 0 Å². The third-order valence-electron chi connectivity index (χ3n) is 4.77. The molecule has 1 amide bonds. The molecule has 29 heavy (non-hydrogen) atoms. The standard InChI is InChI=1S/C21H20N4O3S/c1-2-3-4-14-5-9-16(10-6-14)24-19(23-20(26)18(13-22)21(24)29)15-7-11-17(12-8-15)25(27)28/h5-12,19,29H,2-4H2,1H3,(H,23,26). The van der Waals surface area contributed by atoms with Gasteiger partial charge in [0.15, 0.2) is 0 Å². The summed E-state index contributed by atoms with van der Waals surface area (Å²) in [6.07, 6.45) is 2.54. The number of nitrogens with zero attached hydrogens (tertiary/aromatic N) is 3. The highest BCUT2D eigenvalue weighted by Crippen LogP contribution is 2.36. The molecule has 8 heteroatoms. The number of aryl methyl sites for hydroxylation is 1. The Labute approximate surface area is 174 Å². The smallest absolute Gasteiger partial charge is 0.269 e. The van der Waals surface area contributed by atoms with Gasteiger partial charge in [0.05, 0.1) is 9.95 Å². The van der Waals surface area contributed by atoms with Crippen LogP contribution in [0, 0.1) is 21.4 Å². The van der Waals surface area contributed by atoms with Crippen molar-refractivity contribution in [1.82, 2.24) is 5.32 Å². The fraction of sp³-hybridized carbons (Fsp3) is 0.238. The Hall–Kier alpha value is -3.31. The number of nitriles is 1. The summed E-state index contributed by atoms with van der Waals surface area (Å²) in [5.41, 5.74) is 2.48. The molecule has 3 rings (SSSR count). The fourth-order valence-corrected chi connectivity index (χ4v) is 3.57. The van der Waals surface area contributed by atoms with Crippen LogP contribution in [0.15, 0.2) is 59.1 Å². The van der Waals surface area contributed by atoms with Gasteiger partial charge >= 0.3 is 0 Å². The SMILES string of the molecule is CCCCc1ccc(N2C(S)=C(C#N)C(=O)NC2c2ccc([N+](=O)[O-])cc2)cc1. The lowest BCUT2D eigenvalue weighted by molar-refractivity contribution is -0.384. The largest absolute Gasteiger partial charge is 0.327 e. The molecule has 148 valence electrons. The summed E-state index contributed by atoms with van der Waals surface area (Å²) in [5, 5.41) is 23.3. The Kier molecular flexibility index (Phi) is 6.20. The molecule has 2 aromatic rings. The summed E-state index contributed by atoms with van der Waals surface area (Å²) in [4.78, 5) is 24.6. The van der Waals surface area contributed by atoms with E-state index in [1.54, 1.807) is 17.0 Å². The summed E-state index contributed by atoms with van der Waals surface area (Å²) in [5.74, 6) is -0.531. The molecule has 0 radical (unpaired) electrons. The van der Waals surface area contributed by atoms with E-state index in [2.05, 4.69) is 24.9 Å². The maximum Gasteiger partial charge on any atom is 0.269 e. The second-order valence-electron chi connectivity index (χ2n) is 6.68. The predicted octanol–water partition coefficient (Wildman–Crippen LogP) is 4.24. The van der Waals surface area contributed by atoms with E-state index in [0.29, 0.717) is 5.56 Å². The minimum atomic E-state index is -0.644. The van der Waals surface area contributed by atoms with Crippen molar-refractivity contribution in [2.75, 3.05) is 4.90 Å². The van der Waals surface area contributed by atoms with Crippen molar-refractivity contribution in [3.8, 4) is 6.07 Å². The van der Waals surface area contributed by atoms with Gasteiger partial charge in [-0.25, -0.2) is 0 Å². The number of hydrogen-bond donors (Lipinski definition) is 2. The number of nitro groups is 1. The molecule has 2 aromatic carbocycles. The zero-order chi connectivity index (χ0) is 21.0. The maximum absolute atomic E-state index is 12.4. The van der Waals surface area contributed by atoms with Crippen LogP contribution in [0.5, 0.6) is 0 Å². The lowest BCUT2D eigenvalue weighted by atomic mass is 10.0. The molecule has 7 nitrogen and oxygen atoms in total. The van der Waals surface area contributed by atoms with Gasteiger partial charge in [-0.3, -0.25) is 14.9 Å². The average Bonchev–Trinajstić information content (AvgIpc) is 2.73. The van der Waals surface area contributed by atoms with Crippen LogP contribution in [0.4, 0.5) is 11.4 Å². The van der Waals surface area contributed by atoms with Crippen LogP contribution in [-0.4, -0.2) is 10.8 Å². The number of anilines is 1. The van der Waals surface area contributed by atoms with Crippen molar-refractivity contribution in [3.05, 3.63) is 80.4 Å². The second kappa shape index (κ2) is 8.80. The maximum atomic E-state index is 12.4. The molecule has 1 aliphatic heterocycles. The van der Waals surface area contributed by atoms with E-state index in [1.165, 1.54) is 17.7 Å². The van der Waals surface area contributed by atoms with Gasteiger partial charge in [-0.1, -0.05) is 25.5 Å². The van der Waals surface area contributed by atoms with Crippen molar-refractivity contribution < 1.29 is 9.72 Å². The Bertz CT molecular complexity index is 994. The predicted molar refractivity (Wildman–Crippen MR) is 113 cm³/mol. The van der Waals surface area contributed by atoms with Crippen molar-refractivity contribution in [2.24, 2.45) is 0 Å². The first-order valence-electron chi connectivity index (χ1n) is 9.23. The van der Waals surface area contributed by atoms with E-state index in [-0.39, 0.29) is 16.3 Å². The Morgan fingerprint density at radius 2 is 1.86 bits per heavy atom. The Morgan fingerprint density at radius 3 is 2.41 bits per heavy atom. The molecule has 0 aliphatic carbocycles. The quantitative estimate of drug-likeness (QED) is 0.423.